The van der Waals surface area contributed by atoms with E-state index >= 15 is 0 Å². The Balaban J connectivity index is 1.89. The van der Waals surface area contributed by atoms with Gasteiger partial charge in [0.15, 0.2) is 0 Å². The lowest BCUT2D eigenvalue weighted by Crippen LogP contribution is -2.10. The third-order valence-corrected chi connectivity index (χ3v) is 3.92. The van der Waals surface area contributed by atoms with Gasteiger partial charge in [-0.3, -0.25) is 0 Å². The number of rotatable bonds is 3. The van der Waals surface area contributed by atoms with Crippen LogP contribution in [0.3, 0.4) is 0 Å². The third-order valence-electron chi connectivity index (χ3n) is 3.15. The zero-order valence-corrected chi connectivity index (χ0v) is 12.3. The summed E-state index contributed by atoms with van der Waals surface area (Å²) in [5.74, 6) is 0.754. The van der Waals surface area contributed by atoms with E-state index in [-0.39, 0.29) is 6.04 Å². The maximum atomic E-state index is 5.64. The Kier molecular flexibility index (Phi) is 3.42. The molecule has 0 bridgehead atoms. The van der Waals surface area contributed by atoms with Crippen molar-refractivity contribution in [3.05, 3.63) is 58.3 Å². The van der Waals surface area contributed by atoms with Crippen molar-refractivity contribution in [1.82, 2.24) is 4.57 Å². The van der Waals surface area contributed by atoms with Crippen LogP contribution in [0, 0.1) is 0 Å². The van der Waals surface area contributed by atoms with Crippen LogP contribution in [0.5, 0.6) is 0 Å². The van der Waals surface area contributed by atoms with Crippen molar-refractivity contribution in [3.63, 3.8) is 0 Å². The maximum Gasteiger partial charge on any atom is 0.233 e. The second-order valence-electron chi connectivity index (χ2n) is 4.71. The lowest BCUT2D eigenvalue weighted by molar-refractivity contribution is 0.322. The molecule has 0 aliphatic carbocycles. The quantitative estimate of drug-likeness (QED) is 0.851. The summed E-state index contributed by atoms with van der Waals surface area (Å²) in [6.07, 6.45) is 2.06. The van der Waals surface area contributed by atoms with E-state index in [1.807, 2.05) is 18.2 Å². The van der Waals surface area contributed by atoms with E-state index in [0.29, 0.717) is 6.61 Å². The molecule has 0 amide bonds. The monoisotopic (exact) mass is 318 g/mol. The summed E-state index contributed by atoms with van der Waals surface area (Å²) in [5, 5.41) is 0. The molecule has 1 aromatic carbocycles. The third kappa shape index (κ3) is 2.59. The van der Waals surface area contributed by atoms with Crippen molar-refractivity contribution in [2.45, 2.75) is 19.5 Å². The molecule has 0 N–H and O–H groups in total. The van der Waals surface area contributed by atoms with Gasteiger partial charge >= 0.3 is 0 Å². The molecule has 0 unspecified atom stereocenters. The molecule has 98 valence electrons. The maximum absolute atomic E-state index is 5.64. The molecule has 0 saturated heterocycles. The van der Waals surface area contributed by atoms with E-state index in [4.69, 9.17) is 4.74 Å². The molecule has 4 heteroatoms. The molecule has 0 radical (unpaired) electrons. The second kappa shape index (κ2) is 5.21. The summed E-state index contributed by atoms with van der Waals surface area (Å²) in [6, 6.07) is 12.6. The average molecular weight is 319 g/mol. The number of ether oxygens (including phenoxy) is 1. The van der Waals surface area contributed by atoms with Gasteiger partial charge < -0.3 is 9.30 Å². The van der Waals surface area contributed by atoms with E-state index in [1.54, 1.807) is 0 Å². The van der Waals surface area contributed by atoms with Crippen LogP contribution in [0.15, 0.2) is 52.1 Å². The zero-order chi connectivity index (χ0) is 13.2. The fourth-order valence-electron chi connectivity index (χ4n) is 2.17. The van der Waals surface area contributed by atoms with E-state index in [0.717, 1.165) is 22.6 Å². The molecule has 3 rings (SSSR count). The highest BCUT2D eigenvalue weighted by atomic mass is 79.9. The van der Waals surface area contributed by atoms with Gasteiger partial charge in [-0.25, -0.2) is 4.99 Å². The van der Waals surface area contributed by atoms with Gasteiger partial charge in [0.1, 0.15) is 12.3 Å². The predicted octanol–water partition coefficient (Wildman–Crippen LogP) is 3.46. The van der Waals surface area contributed by atoms with Crippen LogP contribution in [-0.2, 0) is 11.3 Å². The minimum absolute atomic E-state index is 0.252. The van der Waals surface area contributed by atoms with Crippen LogP contribution in [-0.4, -0.2) is 23.1 Å². The lowest BCUT2D eigenvalue weighted by atomic mass is 10.2. The van der Waals surface area contributed by atoms with Gasteiger partial charge in [0, 0.05) is 17.2 Å². The van der Waals surface area contributed by atoms with Gasteiger partial charge in [-0.1, -0.05) is 34.1 Å². The van der Waals surface area contributed by atoms with Gasteiger partial charge in [0.05, 0.1) is 6.04 Å². The fraction of sp³-hybridized carbons (Fsp3) is 0.267. The van der Waals surface area contributed by atoms with Crippen LogP contribution in [0.4, 0.5) is 0 Å². The molecule has 2 aromatic rings. The Labute approximate surface area is 121 Å². The summed E-state index contributed by atoms with van der Waals surface area (Å²) in [5.41, 5.74) is 2.28. The summed E-state index contributed by atoms with van der Waals surface area (Å²) < 4.78 is 8.92. The van der Waals surface area contributed by atoms with E-state index in [9.17, 15) is 0 Å². The topological polar surface area (TPSA) is 26.5 Å². The fourth-order valence-corrected chi connectivity index (χ4v) is 2.58. The molecule has 0 spiro atoms. The lowest BCUT2D eigenvalue weighted by Gasteiger charge is -2.10. The van der Waals surface area contributed by atoms with Gasteiger partial charge in [-0.05, 0) is 30.7 Å². The molecule has 0 fully saturated rings. The Morgan fingerprint density at radius 3 is 2.89 bits per heavy atom. The van der Waals surface area contributed by atoms with Crippen molar-refractivity contribution in [3.8, 4) is 0 Å². The van der Waals surface area contributed by atoms with Crippen LogP contribution >= 0.6 is 15.9 Å². The first-order chi connectivity index (χ1) is 9.24. The van der Waals surface area contributed by atoms with Crippen molar-refractivity contribution < 1.29 is 4.74 Å². The number of aliphatic imine (C=N–C) groups is 1. The molecule has 1 aliphatic rings. The largest absolute Gasteiger partial charge is 0.474 e. The number of hydrogen-bond acceptors (Lipinski definition) is 2. The molecule has 19 heavy (non-hydrogen) atoms. The van der Waals surface area contributed by atoms with E-state index in [1.165, 1.54) is 5.56 Å². The van der Waals surface area contributed by atoms with Crippen molar-refractivity contribution in [2.24, 2.45) is 4.99 Å². The number of nitrogens with zero attached hydrogens (tertiary/aromatic N) is 2. The molecule has 3 nitrogen and oxygen atoms in total. The summed E-state index contributed by atoms with van der Waals surface area (Å²) in [6.45, 7) is 3.55. The SMILES string of the molecule is C[C@H]1COC(c2cccn2Cc2ccccc2Br)=N1. The molecular formula is C15H15BrN2O. The van der Waals surface area contributed by atoms with Gasteiger partial charge in [-0.2, -0.15) is 0 Å². The molecule has 0 saturated carbocycles. The van der Waals surface area contributed by atoms with Crippen LogP contribution in [0.1, 0.15) is 18.2 Å². The first kappa shape index (κ1) is 12.5. The minimum Gasteiger partial charge on any atom is -0.474 e. The van der Waals surface area contributed by atoms with Crippen molar-refractivity contribution in [2.75, 3.05) is 6.61 Å². The Morgan fingerprint density at radius 2 is 2.16 bits per heavy atom. The summed E-state index contributed by atoms with van der Waals surface area (Å²) >= 11 is 3.58. The highest BCUT2D eigenvalue weighted by molar-refractivity contribution is 9.10. The molecule has 2 heterocycles. The highest BCUT2D eigenvalue weighted by Crippen LogP contribution is 2.19. The standard InChI is InChI=1S/C15H15BrN2O/c1-11-10-19-15(17-11)14-7-4-8-18(14)9-12-5-2-3-6-13(12)16/h2-8,11H,9-10H2,1H3/t11-/m0/s1. The Bertz CT molecular complexity index is 618. The van der Waals surface area contributed by atoms with E-state index < -0.39 is 0 Å². The highest BCUT2D eigenvalue weighted by Gasteiger charge is 2.19. The number of benzene rings is 1. The summed E-state index contributed by atoms with van der Waals surface area (Å²) in [4.78, 5) is 4.52. The number of hydrogen-bond donors (Lipinski definition) is 0. The van der Waals surface area contributed by atoms with Crippen LogP contribution in [0.25, 0.3) is 0 Å². The Hall–Kier alpha value is -1.55. The summed E-state index contributed by atoms with van der Waals surface area (Å²) in [7, 11) is 0. The number of halogens is 1. The van der Waals surface area contributed by atoms with Gasteiger partial charge in [0.25, 0.3) is 0 Å². The first-order valence-electron chi connectivity index (χ1n) is 6.33. The van der Waals surface area contributed by atoms with Gasteiger partial charge in [-0.15, -0.1) is 0 Å². The van der Waals surface area contributed by atoms with Crippen LogP contribution < -0.4 is 0 Å². The normalized spacial score (nSPS) is 18.2. The number of aromatic nitrogens is 1. The minimum atomic E-state index is 0.252. The molecule has 1 atom stereocenters. The zero-order valence-electron chi connectivity index (χ0n) is 10.7. The molecule has 1 aromatic heterocycles. The Morgan fingerprint density at radius 1 is 1.32 bits per heavy atom. The molecule has 1 aliphatic heterocycles. The molecular weight excluding hydrogens is 304 g/mol. The smallest absolute Gasteiger partial charge is 0.233 e. The van der Waals surface area contributed by atoms with Gasteiger partial charge in [0.2, 0.25) is 5.90 Å². The van der Waals surface area contributed by atoms with E-state index in [2.05, 4.69) is 56.8 Å². The van der Waals surface area contributed by atoms with Crippen molar-refractivity contribution >= 4 is 21.8 Å². The van der Waals surface area contributed by atoms with Crippen molar-refractivity contribution in [1.29, 1.82) is 0 Å². The predicted molar refractivity (Wildman–Crippen MR) is 79.6 cm³/mol. The van der Waals surface area contributed by atoms with Crippen LogP contribution in [0.2, 0.25) is 0 Å². The second-order valence-corrected chi connectivity index (χ2v) is 5.56. The average Bonchev–Trinajstić information content (AvgIpc) is 3.01. The first-order valence-corrected chi connectivity index (χ1v) is 7.13.